The molecule has 8 aromatic carbocycles. The standard InChI is InChI=1S/C42H26O/c1-2-10-29(11-3-1)41-34-16-6-4-14-32(34)33-15-5-7-17-35(33)42(41)30-22-20-27(21-23-30)31-24-25-38-37(26-31)36-18-8-12-28-13-9-19-39(43-38)40(28)36/h1-26H. The van der Waals surface area contributed by atoms with Crippen LogP contribution in [0.1, 0.15) is 0 Å². The van der Waals surface area contributed by atoms with E-state index in [0.29, 0.717) is 0 Å². The van der Waals surface area contributed by atoms with Crippen molar-refractivity contribution in [2.75, 3.05) is 0 Å². The van der Waals surface area contributed by atoms with Crippen molar-refractivity contribution < 1.29 is 4.74 Å². The number of hydrogen-bond donors (Lipinski definition) is 0. The van der Waals surface area contributed by atoms with Gasteiger partial charge in [0.25, 0.3) is 0 Å². The largest absolute Gasteiger partial charge is 0.456 e. The molecule has 0 aromatic heterocycles. The molecule has 1 heterocycles. The first kappa shape index (κ1) is 24.0. The number of ether oxygens (including phenoxy) is 1. The van der Waals surface area contributed by atoms with E-state index < -0.39 is 0 Å². The van der Waals surface area contributed by atoms with Crippen molar-refractivity contribution in [2.45, 2.75) is 0 Å². The maximum absolute atomic E-state index is 6.35. The molecule has 0 unspecified atom stereocenters. The molecule has 0 amide bonds. The van der Waals surface area contributed by atoms with Crippen LogP contribution in [-0.2, 0) is 0 Å². The van der Waals surface area contributed by atoms with Crippen molar-refractivity contribution in [1.29, 1.82) is 0 Å². The highest BCUT2D eigenvalue weighted by Gasteiger charge is 2.21. The highest BCUT2D eigenvalue weighted by atomic mass is 16.5. The Morgan fingerprint density at radius 2 is 0.884 bits per heavy atom. The van der Waals surface area contributed by atoms with E-state index >= 15 is 0 Å². The summed E-state index contributed by atoms with van der Waals surface area (Å²) in [5.41, 5.74) is 9.72. The van der Waals surface area contributed by atoms with Crippen molar-refractivity contribution >= 4 is 32.3 Å². The van der Waals surface area contributed by atoms with E-state index in [1.807, 2.05) is 0 Å². The second-order valence-corrected chi connectivity index (χ2v) is 11.3. The normalized spacial score (nSPS) is 11.9. The van der Waals surface area contributed by atoms with Gasteiger partial charge in [0.2, 0.25) is 0 Å². The molecule has 1 aliphatic rings. The van der Waals surface area contributed by atoms with Gasteiger partial charge >= 0.3 is 0 Å². The summed E-state index contributed by atoms with van der Waals surface area (Å²) in [6.45, 7) is 0. The van der Waals surface area contributed by atoms with Gasteiger partial charge in [0.15, 0.2) is 0 Å². The van der Waals surface area contributed by atoms with Crippen LogP contribution in [0.15, 0.2) is 158 Å². The van der Waals surface area contributed by atoms with E-state index in [-0.39, 0.29) is 0 Å². The molecule has 0 spiro atoms. The molecule has 0 atom stereocenters. The van der Waals surface area contributed by atoms with Gasteiger partial charge in [-0.3, -0.25) is 0 Å². The third-order valence-electron chi connectivity index (χ3n) is 8.86. The first-order chi connectivity index (χ1) is 21.3. The third-order valence-corrected chi connectivity index (χ3v) is 8.86. The molecule has 0 radical (unpaired) electrons. The molecular weight excluding hydrogens is 520 g/mol. The summed E-state index contributed by atoms with van der Waals surface area (Å²) in [6.07, 6.45) is 0. The van der Waals surface area contributed by atoms with E-state index in [0.717, 1.165) is 17.1 Å². The molecular formula is C42H26O. The number of benzene rings is 8. The summed E-state index contributed by atoms with van der Waals surface area (Å²) in [6, 6.07) is 56.8. The highest BCUT2D eigenvalue weighted by molar-refractivity contribution is 6.21. The minimum Gasteiger partial charge on any atom is -0.456 e. The quantitative estimate of drug-likeness (QED) is 0.200. The predicted octanol–water partition coefficient (Wildman–Crippen LogP) is 11.9. The predicted molar refractivity (Wildman–Crippen MR) is 181 cm³/mol. The zero-order valence-corrected chi connectivity index (χ0v) is 23.4. The molecule has 0 saturated carbocycles. The van der Waals surface area contributed by atoms with E-state index in [1.54, 1.807) is 0 Å². The summed E-state index contributed by atoms with van der Waals surface area (Å²) in [5.74, 6) is 1.83. The van der Waals surface area contributed by atoms with Crippen molar-refractivity contribution in [3.8, 4) is 56.0 Å². The minimum atomic E-state index is 0.904. The topological polar surface area (TPSA) is 9.23 Å². The monoisotopic (exact) mass is 546 g/mol. The van der Waals surface area contributed by atoms with Crippen molar-refractivity contribution in [3.63, 3.8) is 0 Å². The maximum atomic E-state index is 6.35. The third kappa shape index (κ3) is 3.72. The summed E-state index contributed by atoms with van der Waals surface area (Å²) < 4.78 is 6.35. The van der Waals surface area contributed by atoms with Gasteiger partial charge in [-0.05, 0) is 84.1 Å². The molecule has 43 heavy (non-hydrogen) atoms. The van der Waals surface area contributed by atoms with E-state index in [1.165, 1.54) is 71.3 Å². The molecule has 1 nitrogen and oxygen atoms in total. The molecule has 0 fully saturated rings. The summed E-state index contributed by atoms with van der Waals surface area (Å²) >= 11 is 0. The van der Waals surface area contributed by atoms with Crippen LogP contribution in [0.2, 0.25) is 0 Å². The number of hydrogen-bond acceptors (Lipinski definition) is 1. The van der Waals surface area contributed by atoms with Crippen molar-refractivity contribution in [1.82, 2.24) is 0 Å². The summed E-state index contributed by atoms with van der Waals surface area (Å²) in [5, 5.41) is 7.49. The van der Waals surface area contributed by atoms with Crippen LogP contribution >= 0.6 is 0 Å². The smallest absolute Gasteiger partial charge is 0.135 e. The number of fused-ring (bicyclic) bond motifs is 5. The highest BCUT2D eigenvalue weighted by Crippen LogP contribution is 2.48. The van der Waals surface area contributed by atoms with Gasteiger partial charge in [-0.15, -0.1) is 0 Å². The van der Waals surface area contributed by atoms with E-state index in [4.69, 9.17) is 4.74 Å². The van der Waals surface area contributed by atoms with E-state index in [2.05, 4.69) is 158 Å². The molecule has 0 aliphatic carbocycles. The van der Waals surface area contributed by atoms with Crippen LogP contribution < -0.4 is 4.74 Å². The van der Waals surface area contributed by atoms with Gasteiger partial charge in [0.1, 0.15) is 11.5 Å². The molecule has 1 heteroatoms. The van der Waals surface area contributed by atoms with Crippen LogP contribution in [0.5, 0.6) is 11.5 Å². The Morgan fingerprint density at radius 3 is 1.58 bits per heavy atom. The van der Waals surface area contributed by atoms with Crippen molar-refractivity contribution in [2.24, 2.45) is 0 Å². The van der Waals surface area contributed by atoms with Crippen LogP contribution in [0, 0.1) is 0 Å². The Labute approximate surface area is 250 Å². The minimum absolute atomic E-state index is 0.904. The van der Waals surface area contributed by atoms with Gasteiger partial charge in [-0.25, -0.2) is 0 Å². The van der Waals surface area contributed by atoms with Crippen LogP contribution in [-0.4, -0.2) is 0 Å². The summed E-state index contributed by atoms with van der Waals surface area (Å²) in [4.78, 5) is 0. The molecule has 1 aliphatic heterocycles. The van der Waals surface area contributed by atoms with E-state index in [9.17, 15) is 0 Å². The Balaban J connectivity index is 1.22. The second-order valence-electron chi connectivity index (χ2n) is 11.3. The fraction of sp³-hybridized carbons (Fsp3) is 0. The maximum Gasteiger partial charge on any atom is 0.135 e. The lowest BCUT2D eigenvalue weighted by Gasteiger charge is -2.22. The zero-order valence-electron chi connectivity index (χ0n) is 23.4. The lowest BCUT2D eigenvalue weighted by atomic mass is 9.84. The van der Waals surface area contributed by atoms with Crippen molar-refractivity contribution in [3.05, 3.63) is 158 Å². The molecule has 0 N–H and O–H groups in total. The fourth-order valence-electron chi connectivity index (χ4n) is 6.92. The molecule has 8 aromatic rings. The van der Waals surface area contributed by atoms with Gasteiger partial charge in [-0.2, -0.15) is 0 Å². The molecule has 200 valence electrons. The SMILES string of the molecule is c1ccc(-c2c(-c3ccc(-c4ccc5c(c4)-c4cccc6cccc(c46)O5)cc3)c3ccccc3c3ccccc23)cc1. The van der Waals surface area contributed by atoms with Crippen LogP contribution in [0.25, 0.3) is 76.8 Å². The molecule has 0 saturated heterocycles. The van der Waals surface area contributed by atoms with Gasteiger partial charge in [0, 0.05) is 10.9 Å². The Morgan fingerprint density at radius 1 is 0.326 bits per heavy atom. The Kier molecular flexibility index (Phi) is 5.27. The Bertz CT molecular complexity index is 2340. The first-order valence-corrected chi connectivity index (χ1v) is 14.8. The zero-order chi connectivity index (χ0) is 28.3. The lowest BCUT2D eigenvalue weighted by Crippen LogP contribution is -1.97. The van der Waals surface area contributed by atoms with Gasteiger partial charge < -0.3 is 4.74 Å². The van der Waals surface area contributed by atoms with Gasteiger partial charge in [0.05, 0.1) is 0 Å². The van der Waals surface area contributed by atoms with Crippen LogP contribution in [0.3, 0.4) is 0 Å². The molecule has 9 rings (SSSR count). The average molecular weight is 547 g/mol. The average Bonchev–Trinajstić information content (AvgIpc) is 3.08. The molecule has 0 bridgehead atoms. The summed E-state index contributed by atoms with van der Waals surface area (Å²) in [7, 11) is 0. The second kappa shape index (κ2) is 9.44. The number of rotatable bonds is 3. The first-order valence-electron chi connectivity index (χ1n) is 14.8. The Hall–Kier alpha value is -5.66. The fourth-order valence-corrected chi connectivity index (χ4v) is 6.92. The lowest BCUT2D eigenvalue weighted by molar-refractivity contribution is 0.487. The van der Waals surface area contributed by atoms with Crippen LogP contribution in [0.4, 0.5) is 0 Å². The van der Waals surface area contributed by atoms with Gasteiger partial charge in [-0.1, -0.05) is 140 Å².